The SMILES string of the molecule is CC[C@H](NC(=O)C(CC(=O)N1CCCCC1)CS(=O)(=O)Cc1ccccc1)C(=O)c1nnc(-c2ccncc2)o1. The van der Waals surface area contributed by atoms with Crippen molar-refractivity contribution in [3.05, 3.63) is 66.3 Å². The molecule has 0 radical (unpaired) electrons. The lowest BCUT2D eigenvalue weighted by molar-refractivity contribution is -0.136. The Hall–Kier alpha value is -3.93. The summed E-state index contributed by atoms with van der Waals surface area (Å²) in [5.74, 6) is -3.66. The molecule has 0 bridgehead atoms. The average molecular weight is 568 g/mol. The number of nitrogens with zero attached hydrogens (tertiary/aromatic N) is 4. The highest BCUT2D eigenvalue weighted by atomic mass is 32.2. The number of hydrogen-bond acceptors (Lipinski definition) is 9. The third-order valence-corrected chi connectivity index (χ3v) is 8.47. The average Bonchev–Trinajstić information content (AvgIpc) is 3.47. The van der Waals surface area contributed by atoms with Crippen LogP contribution in [0.15, 0.2) is 59.3 Å². The van der Waals surface area contributed by atoms with Crippen LogP contribution in [-0.2, 0) is 25.2 Å². The second-order valence-electron chi connectivity index (χ2n) is 9.86. The van der Waals surface area contributed by atoms with E-state index >= 15 is 0 Å². The first-order valence-corrected chi connectivity index (χ1v) is 15.2. The molecule has 40 heavy (non-hydrogen) atoms. The van der Waals surface area contributed by atoms with E-state index in [9.17, 15) is 22.8 Å². The molecular weight excluding hydrogens is 534 g/mol. The van der Waals surface area contributed by atoms with E-state index < -0.39 is 39.2 Å². The first-order valence-electron chi connectivity index (χ1n) is 13.4. The lowest BCUT2D eigenvalue weighted by Crippen LogP contribution is -2.47. The molecule has 1 aromatic carbocycles. The van der Waals surface area contributed by atoms with Gasteiger partial charge in [-0.3, -0.25) is 19.4 Å². The van der Waals surface area contributed by atoms with Crippen LogP contribution in [0.5, 0.6) is 0 Å². The maximum atomic E-state index is 13.5. The number of ketones is 1. The smallest absolute Gasteiger partial charge is 0.286 e. The molecule has 0 saturated carbocycles. The van der Waals surface area contributed by atoms with Gasteiger partial charge >= 0.3 is 0 Å². The Bertz CT molecular complexity index is 1410. The van der Waals surface area contributed by atoms with E-state index in [-0.39, 0.29) is 36.3 Å². The molecule has 0 spiro atoms. The first-order chi connectivity index (χ1) is 19.3. The number of rotatable bonds is 12. The summed E-state index contributed by atoms with van der Waals surface area (Å²) in [6.45, 7) is 2.86. The van der Waals surface area contributed by atoms with E-state index in [0.717, 1.165) is 19.3 Å². The topological polar surface area (TPSA) is 152 Å². The number of nitrogens with one attached hydrogen (secondary N) is 1. The molecule has 2 aromatic heterocycles. The Morgan fingerprint density at radius 3 is 2.38 bits per heavy atom. The summed E-state index contributed by atoms with van der Waals surface area (Å²) in [5.41, 5.74) is 1.17. The van der Waals surface area contributed by atoms with Gasteiger partial charge in [-0.15, -0.1) is 10.2 Å². The Morgan fingerprint density at radius 1 is 1.00 bits per heavy atom. The second kappa shape index (κ2) is 13.4. The number of hydrogen-bond donors (Lipinski definition) is 1. The van der Waals surface area contributed by atoms with Gasteiger partial charge in [0.2, 0.25) is 23.5 Å². The van der Waals surface area contributed by atoms with Gasteiger partial charge in [0.1, 0.15) is 0 Å². The molecule has 1 fully saturated rings. The van der Waals surface area contributed by atoms with Crippen molar-refractivity contribution in [2.75, 3.05) is 18.8 Å². The van der Waals surface area contributed by atoms with Gasteiger partial charge in [-0.1, -0.05) is 37.3 Å². The molecule has 3 aromatic rings. The van der Waals surface area contributed by atoms with Crippen LogP contribution in [0.3, 0.4) is 0 Å². The highest BCUT2D eigenvalue weighted by Gasteiger charge is 2.33. The van der Waals surface area contributed by atoms with E-state index in [4.69, 9.17) is 4.42 Å². The van der Waals surface area contributed by atoms with Gasteiger partial charge < -0.3 is 14.6 Å². The molecule has 1 saturated heterocycles. The van der Waals surface area contributed by atoms with Crippen LogP contribution < -0.4 is 5.32 Å². The van der Waals surface area contributed by atoms with Crippen LogP contribution in [0.4, 0.5) is 0 Å². The summed E-state index contributed by atoms with van der Waals surface area (Å²) in [6, 6.07) is 10.9. The van der Waals surface area contributed by atoms with Crippen molar-refractivity contribution in [3.8, 4) is 11.5 Å². The predicted octanol–water partition coefficient (Wildman–Crippen LogP) is 2.84. The Morgan fingerprint density at radius 2 is 1.70 bits per heavy atom. The summed E-state index contributed by atoms with van der Waals surface area (Å²) < 4.78 is 31.8. The van der Waals surface area contributed by atoms with Crippen LogP contribution in [-0.4, -0.2) is 71.0 Å². The zero-order valence-electron chi connectivity index (χ0n) is 22.4. The zero-order valence-corrected chi connectivity index (χ0v) is 23.2. The predicted molar refractivity (Wildman–Crippen MR) is 147 cm³/mol. The van der Waals surface area contributed by atoms with Gasteiger partial charge in [0.05, 0.1) is 23.5 Å². The Labute approximate surface area is 233 Å². The van der Waals surface area contributed by atoms with Crippen molar-refractivity contribution in [1.82, 2.24) is 25.4 Å². The van der Waals surface area contributed by atoms with E-state index in [1.54, 1.807) is 66.7 Å². The molecule has 212 valence electrons. The van der Waals surface area contributed by atoms with Crippen molar-refractivity contribution in [1.29, 1.82) is 0 Å². The molecule has 4 rings (SSSR count). The first kappa shape index (κ1) is 29.1. The molecule has 1 aliphatic heterocycles. The molecule has 0 aliphatic carbocycles. The fourth-order valence-electron chi connectivity index (χ4n) is 4.63. The van der Waals surface area contributed by atoms with Gasteiger partial charge in [0, 0.05) is 37.5 Å². The molecule has 11 nitrogen and oxygen atoms in total. The molecule has 2 amide bonds. The number of amides is 2. The summed E-state index contributed by atoms with van der Waals surface area (Å²) in [5, 5.41) is 10.4. The number of sulfone groups is 1. The van der Waals surface area contributed by atoms with Gasteiger partial charge in [-0.05, 0) is 43.4 Å². The molecular formula is C28H33N5O6S. The minimum atomic E-state index is -3.76. The number of piperidine rings is 1. The summed E-state index contributed by atoms with van der Waals surface area (Å²) >= 11 is 0. The largest absolute Gasteiger partial charge is 0.414 e. The molecule has 3 heterocycles. The highest BCUT2D eigenvalue weighted by Crippen LogP contribution is 2.20. The van der Waals surface area contributed by atoms with Crippen LogP contribution in [0, 0.1) is 5.92 Å². The van der Waals surface area contributed by atoms with Crippen LogP contribution in [0.1, 0.15) is 55.3 Å². The van der Waals surface area contributed by atoms with Crippen molar-refractivity contribution >= 4 is 27.4 Å². The monoisotopic (exact) mass is 567 g/mol. The molecule has 1 N–H and O–H groups in total. The lowest BCUT2D eigenvalue weighted by Gasteiger charge is -2.28. The molecule has 1 unspecified atom stereocenters. The van der Waals surface area contributed by atoms with E-state index in [1.807, 2.05) is 0 Å². The minimum Gasteiger partial charge on any atom is -0.414 e. The number of Topliss-reactive ketones (excluding diaryl/α,β-unsaturated/α-hetero) is 1. The third kappa shape index (κ3) is 7.81. The normalized spacial score (nSPS) is 15.3. The summed E-state index contributed by atoms with van der Waals surface area (Å²) in [6.07, 6.45) is 5.79. The maximum absolute atomic E-state index is 13.5. The molecule has 1 aliphatic rings. The van der Waals surface area contributed by atoms with Crippen molar-refractivity contribution < 1.29 is 27.2 Å². The second-order valence-corrected chi connectivity index (χ2v) is 12.0. The number of carbonyl (C=O) groups excluding carboxylic acids is 3. The van der Waals surface area contributed by atoms with Gasteiger partial charge in [-0.25, -0.2) is 8.42 Å². The molecule has 2 atom stereocenters. The number of likely N-dealkylation sites (tertiary alicyclic amines) is 1. The number of benzene rings is 1. The quantitative estimate of drug-likeness (QED) is 0.326. The standard InChI is InChI=1S/C28H33N5O6S/c1-2-23(25(35)28-32-31-27(39-28)21-11-13-29-14-12-21)30-26(36)22(17-24(34)33-15-7-4-8-16-33)19-40(37,38)18-20-9-5-3-6-10-20/h3,5-6,9-14,22-23H,2,4,7-8,15-19H2,1H3,(H,30,36)/t22?,23-/m0/s1. The summed E-state index contributed by atoms with van der Waals surface area (Å²) in [4.78, 5) is 45.3. The van der Waals surface area contributed by atoms with Crippen molar-refractivity contribution in [2.24, 2.45) is 5.92 Å². The summed E-state index contributed by atoms with van der Waals surface area (Å²) in [7, 11) is -3.76. The highest BCUT2D eigenvalue weighted by molar-refractivity contribution is 7.90. The van der Waals surface area contributed by atoms with E-state index in [1.165, 1.54) is 0 Å². The third-order valence-electron chi connectivity index (χ3n) is 6.79. The zero-order chi connectivity index (χ0) is 28.5. The Balaban J connectivity index is 1.49. The number of aromatic nitrogens is 3. The Kier molecular flexibility index (Phi) is 9.75. The number of carbonyl (C=O) groups is 3. The van der Waals surface area contributed by atoms with Crippen molar-refractivity contribution in [3.63, 3.8) is 0 Å². The molecule has 12 heteroatoms. The van der Waals surface area contributed by atoms with E-state index in [0.29, 0.717) is 24.2 Å². The van der Waals surface area contributed by atoms with Crippen LogP contribution in [0.2, 0.25) is 0 Å². The minimum absolute atomic E-state index is 0.129. The maximum Gasteiger partial charge on any atom is 0.286 e. The fourth-order valence-corrected chi connectivity index (χ4v) is 6.33. The van der Waals surface area contributed by atoms with Gasteiger partial charge in [-0.2, -0.15) is 0 Å². The fraction of sp³-hybridized carbons (Fsp3) is 0.429. The van der Waals surface area contributed by atoms with Crippen molar-refractivity contribution in [2.45, 2.75) is 50.8 Å². The number of pyridine rings is 1. The van der Waals surface area contributed by atoms with E-state index in [2.05, 4.69) is 20.5 Å². The van der Waals surface area contributed by atoms with Gasteiger partial charge in [0.15, 0.2) is 9.84 Å². The van der Waals surface area contributed by atoms with Gasteiger partial charge in [0.25, 0.3) is 5.89 Å². The van der Waals surface area contributed by atoms with Crippen LogP contribution in [0.25, 0.3) is 11.5 Å². The van der Waals surface area contributed by atoms with Crippen LogP contribution >= 0.6 is 0 Å². The lowest BCUT2D eigenvalue weighted by atomic mass is 10.0.